The van der Waals surface area contributed by atoms with Gasteiger partial charge in [0.05, 0.1) is 5.56 Å². The van der Waals surface area contributed by atoms with Crippen LogP contribution in [0, 0.1) is 0 Å². The molecule has 2 aromatic rings. The Hall–Kier alpha value is -2.46. The standard InChI is InChI=1S/C24H29N3O/c25-24(28)20-7-9-21(27-16-20)15-18-6-10-22-19(14-18)8-11-23(22)26-13-12-17-4-2-1-3-5-17/h4,6-7,9-10,14,16,23,26H,1-3,5,8,11-13,15H2,(H2,25,28). The van der Waals surface area contributed by atoms with Gasteiger partial charge in [-0.3, -0.25) is 9.78 Å². The van der Waals surface area contributed by atoms with Gasteiger partial charge < -0.3 is 11.1 Å². The van der Waals surface area contributed by atoms with Crippen LogP contribution in [-0.2, 0) is 12.8 Å². The molecule has 1 heterocycles. The Bertz CT molecular complexity index is 870. The number of rotatable bonds is 7. The van der Waals surface area contributed by atoms with Crippen molar-refractivity contribution < 1.29 is 4.79 Å². The van der Waals surface area contributed by atoms with Crippen LogP contribution in [0.25, 0.3) is 0 Å². The number of amides is 1. The summed E-state index contributed by atoms with van der Waals surface area (Å²) in [6.07, 6.45) is 13.6. The van der Waals surface area contributed by atoms with Crippen LogP contribution < -0.4 is 11.1 Å². The van der Waals surface area contributed by atoms with Crippen LogP contribution in [0.4, 0.5) is 0 Å². The zero-order valence-corrected chi connectivity index (χ0v) is 16.4. The molecule has 0 saturated carbocycles. The average Bonchev–Trinajstić information content (AvgIpc) is 3.11. The molecule has 1 amide bonds. The first kappa shape index (κ1) is 18.9. The molecule has 0 saturated heterocycles. The van der Waals surface area contributed by atoms with Crippen molar-refractivity contribution in [2.75, 3.05) is 6.54 Å². The molecular formula is C24H29N3O. The topological polar surface area (TPSA) is 68.0 Å². The second-order valence-corrected chi connectivity index (χ2v) is 8.02. The number of pyridine rings is 1. The van der Waals surface area contributed by atoms with Crippen molar-refractivity contribution in [1.29, 1.82) is 0 Å². The molecule has 28 heavy (non-hydrogen) atoms. The number of fused-ring (bicyclic) bond motifs is 1. The van der Waals surface area contributed by atoms with E-state index >= 15 is 0 Å². The summed E-state index contributed by atoms with van der Waals surface area (Å²) in [6, 6.07) is 10.9. The average molecular weight is 376 g/mol. The monoisotopic (exact) mass is 375 g/mol. The highest BCUT2D eigenvalue weighted by Crippen LogP contribution is 2.32. The quantitative estimate of drug-likeness (QED) is 0.711. The third-order valence-electron chi connectivity index (χ3n) is 6.00. The fraction of sp³-hybridized carbons (Fsp3) is 0.417. The smallest absolute Gasteiger partial charge is 0.250 e. The largest absolute Gasteiger partial charge is 0.366 e. The van der Waals surface area contributed by atoms with Gasteiger partial charge in [0.2, 0.25) is 5.91 Å². The summed E-state index contributed by atoms with van der Waals surface area (Å²) in [5, 5.41) is 3.77. The summed E-state index contributed by atoms with van der Waals surface area (Å²) in [4.78, 5) is 15.5. The molecule has 1 aromatic carbocycles. The van der Waals surface area contributed by atoms with Crippen molar-refractivity contribution in [3.63, 3.8) is 0 Å². The number of hydrogen-bond acceptors (Lipinski definition) is 3. The summed E-state index contributed by atoms with van der Waals surface area (Å²) in [6.45, 7) is 1.08. The molecule has 4 rings (SSSR count). The minimum Gasteiger partial charge on any atom is -0.366 e. The Labute approximate surface area is 167 Å². The molecule has 4 nitrogen and oxygen atoms in total. The van der Waals surface area contributed by atoms with Gasteiger partial charge in [0, 0.05) is 24.4 Å². The summed E-state index contributed by atoms with van der Waals surface area (Å²) in [7, 11) is 0. The number of allylic oxidation sites excluding steroid dienone is 1. The number of nitrogens with zero attached hydrogens (tertiary/aromatic N) is 1. The number of benzene rings is 1. The molecule has 0 radical (unpaired) electrons. The first-order chi connectivity index (χ1) is 13.7. The first-order valence-corrected chi connectivity index (χ1v) is 10.5. The summed E-state index contributed by atoms with van der Waals surface area (Å²) in [5.74, 6) is -0.435. The van der Waals surface area contributed by atoms with Crippen molar-refractivity contribution in [2.45, 2.75) is 57.4 Å². The molecule has 3 N–H and O–H groups in total. The van der Waals surface area contributed by atoms with E-state index < -0.39 is 5.91 Å². The molecular weight excluding hydrogens is 346 g/mol. The first-order valence-electron chi connectivity index (χ1n) is 10.5. The van der Waals surface area contributed by atoms with Crippen molar-refractivity contribution >= 4 is 5.91 Å². The third kappa shape index (κ3) is 4.50. The molecule has 2 aliphatic rings. The number of nitrogens with one attached hydrogen (secondary N) is 1. The maximum Gasteiger partial charge on any atom is 0.250 e. The lowest BCUT2D eigenvalue weighted by molar-refractivity contribution is 0.1000. The maximum absolute atomic E-state index is 11.2. The van der Waals surface area contributed by atoms with Crippen molar-refractivity contribution in [2.24, 2.45) is 5.73 Å². The van der Waals surface area contributed by atoms with Gasteiger partial charge in [-0.2, -0.15) is 0 Å². The minimum absolute atomic E-state index is 0.435. The lowest BCUT2D eigenvalue weighted by Crippen LogP contribution is -2.21. The fourth-order valence-corrected chi connectivity index (χ4v) is 4.42. The van der Waals surface area contributed by atoms with E-state index in [0.29, 0.717) is 11.6 Å². The van der Waals surface area contributed by atoms with Crippen molar-refractivity contribution in [3.8, 4) is 0 Å². The van der Waals surface area contributed by atoms with E-state index in [2.05, 4.69) is 34.6 Å². The summed E-state index contributed by atoms with van der Waals surface area (Å²) >= 11 is 0. The van der Waals surface area contributed by atoms with Crippen LogP contribution in [0.15, 0.2) is 48.2 Å². The fourth-order valence-electron chi connectivity index (χ4n) is 4.42. The highest BCUT2D eigenvalue weighted by atomic mass is 16.1. The molecule has 1 atom stereocenters. The van der Waals surface area contributed by atoms with Gasteiger partial charge >= 0.3 is 0 Å². The number of aromatic nitrogens is 1. The molecule has 0 aliphatic heterocycles. The van der Waals surface area contributed by atoms with Crippen LogP contribution >= 0.6 is 0 Å². The van der Waals surface area contributed by atoms with Gasteiger partial charge in [-0.1, -0.05) is 29.8 Å². The second kappa shape index (κ2) is 8.70. The van der Waals surface area contributed by atoms with E-state index in [-0.39, 0.29) is 0 Å². The Morgan fingerprint density at radius 1 is 1.18 bits per heavy atom. The van der Waals surface area contributed by atoms with Crippen molar-refractivity contribution in [1.82, 2.24) is 10.3 Å². The number of carbonyl (C=O) groups excluding carboxylic acids is 1. The van der Waals surface area contributed by atoms with Crippen LogP contribution in [0.3, 0.4) is 0 Å². The minimum atomic E-state index is -0.435. The predicted octanol–water partition coefficient (Wildman–Crippen LogP) is 4.24. The molecule has 2 aliphatic carbocycles. The Morgan fingerprint density at radius 2 is 2.11 bits per heavy atom. The number of hydrogen-bond donors (Lipinski definition) is 2. The van der Waals surface area contributed by atoms with Crippen LogP contribution in [0.1, 0.15) is 77.3 Å². The van der Waals surface area contributed by atoms with Gasteiger partial charge in [0.25, 0.3) is 0 Å². The highest BCUT2D eigenvalue weighted by molar-refractivity contribution is 5.92. The van der Waals surface area contributed by atoms with E-state index in [4.69, 9.17) is 5.73 Å². The number of carbonyl (C=O) groups is 1. The zero-order valence-electron chi connectivity index (χ0n) is 16.4. The van der Waals surface area contributed by atoms with E-state index in [1.54, 1.807) is 17.8 Å². The van der Waals surface area contributed by atoms with Crippen LogP contribution in [0.2, 0.25) is 0 Å². The molecule has 1 aromatic heterocycles. The molecule has 4 heteroatoms. The Kier molecular flexibility index (Phi) is 5.87. The summed E-state index contributed by atoms with van der Waals surface area (Å²) in [5.41, 5.74) is 12.5. The number of aryl methyl sites for hydroxylation is 1. The number of primary amides is 1. The maximum atomic E-state index is 11.2. The second-order valence-electron chi connectivity index (χ2n) is 8.02. The van der Waals surface area contributed by atoms with E-state index in [1.165, 1.54) is 55.2 Å². The van der Waals surface area contributed by atoms with Gasteiger partial charge in [-0.05, 0) is 80.3 Å². The lowest BCUT2D eigenvalue weighted by atomic mass is 9.97. The zero-order chi connectivity index (χ0) is 19.3. The molecule has 146 valence electrons. The van der Waals surface area contributed by atoms with Gasteiger partial charge in [-0.15, -0.1) is 0 Å². The van der Waals surface area contributed by atoms with Crippen LogP contribution in [0.5, 0.6) is 0 Å². The molecule has 0 spiro atoms. The third-order valence-corrected chi connectivity index (χ3v) is 6.00. The Morgan fingerprint density at radius 3 is 2.86 bits per heavy atom. The van der Waals surface area contributed by atoms with Crippen molar-refractivity contribution in [3.05, 3.63) is 76.1 Å². The molecule has 0 fully saturated rings. The SMILES string of the molecule is NC(=O)c1ccc(Cc2ccc3c(c2)CCC3NCCC2=CCCCC2)nc1. The van der Waals surface area contributed by atoms with E-state index in [0.717, 1.165) is 25.1 Å². The Balaban J connectivity index is 1.35. The molecule has 0 bridgehead atoms. The van der Waals surface area contributed by atoms with Gasteiger partial charge in [0.15, 0.2) is 0 Å². The van der Waals surface area contributed by atoms with Crippen LogP contribution in [-0.4, -0.2) is 17.4 Å². The number of nitrogens with two attached hydrogens (primary N) is 1. The lowest BCUT2D eigenvalue weighted by Gasteiger charge is -2.17. The summed E-state index contributed by atoms with van der Waals surface area (Å²) < 4.78 is 0. The van der Waals surface area contributed by atoms with Gasteiger partial charge in [-0.25, -0.2) is 0 Å². The predicted molar refractivity (Wildman–Crippen MR) is 112 cm³/mol. The highest BCUT2D eigenvalue weighted by Gasteiger charge is 2.22. The molecule has 1 unspecified atom stereocenters. The van der Waals surface area contributed by atoms with Gasteiger partial charge in [0.1, 0.15) is 0 Å². The normalized spacial score (nSPS) is 18.6. The van der Waals surface area contributed by atoms with E-state index in [9.17, 15) is 4.79 Å². The van der Waals surface area contributed by atoms with E-state index in [1.807, 2.05) is 6.07 Å².